The average molecular weight is 520 g/mol. The number of hydrogen-bond donors (Lipinski definition) is 0. The van der Waals surface area contributed by atoms with Gasteiger partial charge in [-0.2, -0.15) is 0 Å². The molecule has 0 aromatic carbocycles. The van der Waals surface area contributed by atoms with Crippen LogP contribution in [0.25, 0.3) is 0 Å². The van der Waals surface area contributed by atoms with Crippen LogP contribution in [-0.4, -0.2) is 4.83 Å². The van der Waals surface area contributed by atoms with Crippen LogP contribution in [0.1, 0.15) is 142 Å². The molecule has 5 unspecified atom stereocenters. The van der Waals surface area contributed by atoms with E-state index in [0.29, 0.717) is 0 Å². The van der Waals surface area contributed by atoms with E-state index in [4.69, 9.17) is 0 Å². The zero-order valence-electron chi connectivity index (χ0n) is 22.2. The van der Waals surface area contributed by atoms with Gasteiger partial charge < -0.3 is 0 Å². The Morgan fingerprint density at radius 3 is 1.91 bits per heavy atom. The van der Waals surface area contributed by atoms with Gasteiger partial charge in [0, 0.05) is 4.83 Å². The second kappa shape index (κ2) is 11.3. The molecule has 1 heteroatoms. The molecule has 0 aromatic heterocycles. The Balaban J connectivity index is 1.39. The van der Waals surface area contributed by atoms with Gasteiger partial charge in [0.1, 0.15) is 0 Å². The third-order valence-electron chi connectivity index (χ3n) is 12.5. The first kappa shape index (κ1) is 25.1. The van der Waals surface area contributed by atoms with Gasteiger partial charge in [-0.3, -0.25) is 0 Å². The average Bonchev–Trinajstić information content (AvgIpc) is 3.12. The van der Waals surface area contributed by atoms with Gasteiger partial charge in [-0.25, -0.2) is 0 Å². The summed E-state index contributed by atoms with van der Waals surface area (Å²) in [5.41, 5.74) is 0.725. The first-order valence-corrected chi connectivity index (χ1v) is 16.7. The molecule has 5 aliphatic carbocycles. The van der Waals surface area contributed by atoms with Crippen LogP contribution in [0.5, 0.6) is 0 Å². The van der Waals surface area contributed by atoms with E-state index in [1.807, 2.05) is 0 Å². The van der Waals surface area contributed by atoms with Gasteiger partial charge in [0.05, 0.1) is 0 Å². The lowest BCUT2D eigenvalue weighted by molar-refractivity contribution is -0.0711. The van der Waals surface area contributed by atoms with Crippen molar-refractivity contribution in [3.63, 3.8) is 0 Å². The van der Waals surface area contributed by atoms with Crippen molar-refractivity contribution in [3.05, 3.63) is 0 Å². The van der Waals surface area contributed by atoms with Gasteiger partial charge in [0.25, 0.3) is 0 Å². The molecule has 0 nitrogen and oxygen atoms in total. The summed E-state index contributed by atoms with van der Waals surface area (Å²) in [6.45, 7) is 5.24. The SMILES string of the molecule is CCCCC1C2CCCCC2C(C2CCCCC2)(C2CCC(C3CCC(Br)CC3)CC2)C1C. The van der Waals surface area contributed by atoms with Crippen LogP contribution < -0.4 is 0 Å². The van der Waals surface area contributed by atoms with E-state index in [-0.39, 0.29) is 0 Å². The molecule has 5 rings (SSSR count). The highest BCUT2D eigenvalue weighted by Crippen LogP contribution is 2.70. The molecule has 5 atom stereocenters. The fourth-order valence-electron chi connectivity index (χ4n) is 11.2. The van der Waals surface area contributed by atoms with Crippen molar-refractivity contribution >= 4 is 15.9 Å². The highest BCUT2D eigenvalue weighted by atomic mass is 79.9. The predicted octanol–water partition coefficient (Wildman–Crippen LogP) is 10.6. The molecule has 0 spiro atoms. The minimum absolute atomic E-state index is 0.725. The molecule has 0 bridgehead atoms. The van der Waals surface area contributed by atoms with E-state index >= 15 is 0 Å². The Morgan fingerprint density at radius 2 is 1.24 bits per heavy atom. The maximum atomic E-state index is 3.91. The van der Waals surface area contributed by atoms with Crippen LogP contribution in [-0.2, 0) is 0 Å². The Hall–Kier alpha value is 0.480. The van der Waals surface area contributed by atoms with E-state index in [1.54, 1.807) is 83.5 Å². The van der Waals surface area contributed by atoms with Crippen molar-refractivity contribution in [2.75, 3.05) is 0 Å². The van der Waals surface area contributed by atoms with Crippen molar-refractivity contribution in [2.24, 2.45) is 52.8 Å². The highest BCUT2D eigenvalue weighted by molar-refractivity contribution is 9.09. The lowest BCUT2D eigenvalue weighted by atomic mass is 9.49. The lowest BCUT2D eigenvalue weighted by Crippen LogP contribution is -2.49. The van der Waals surface area contributed by atoms with Crippen LogP contribution in [0, 0.1) is 52.8 Å². The second-order valence-corrected chi connectivity index (χ2v) is 14.9. The second-order valence-electron chi connectivity index (χ2n) is 13.6. The van der Waals surface area contributed by atoms with Crippen molar-refractivity contribution < 1.29 is 0 Å². The summed E-state index contributed by atoms with van der Waals surface area (Å²) in [5.74, 6) is 8.52. The van der Waals surface area contributed by atoms with Gasteiger partial charge in [-0.1, -0.05) is 74.7 Å². The van der Waals surface area contributed by atoms with Gasteiger partial charge in [-0.05, 0) is 136 Å². The maximum absolute atomic E-state index is 3.91. The van der Waals surface area contributed by atoms with Gasteiger partial charge in [0.2, 0.25) is 0 Å². The number of halogens is 1. The third kappa shape index (κ3) is 4.78. The molecular weight excluding hydrogens is 464 g/mol. The first-order valence-electron chi connectivity index (χ1n) is 15.8. The number of unbranched alkanes of at least 4 members (excludes halogenated alkanes) is 1. The van der Waals surface area contributed by atoms with Crippen molar-refractivity contribution in [1.82, 2.24) is 0 Å². The summed E-state index contributed by atoms with van der Waals surface area (Å²) in [5, 5.41) is 0. The molecule has 190 valence electrons. The summed E-state index contributed by atoms with van der Waals surface area (Å²) in [4.78, 5) is 0.822. The normalized spacial score (nSPS) is 47.4. The zero-order chi connectivity index (χ0) is 22.8. The quantitative estimate of drug-likeness (QED) is 0.306. The third-order valence-corrected chi connectivity index (χ3v) is 13.4. The van der Waals surface area contributed by atoms with Crippen LogP contribution in [0.2, 0.25) is 0 Å². The number of alkyl halides is 1. The highest BCUT2D eigenvalue weighted by Gasteiger charge is 2.63. The topological polar surface area (TPSA) is 0 Å². The van der Waals surface area contributed by atoms with E-state index in [2.05, 4.69) is 29.8 Å². The fourth-order valence-corrected chi connectivity index (χ4v) is 11.7. The lowest BCUT2D eigenvalue weighted by Gasteiger charge is -2.56. The van der Waals surface area contributed by atoms with E-state index in [9.17, 15) is 0 Å². The minimum Gasteiger partial charge on any atom is -0.0891 e. The molecule has 0 aromatic rings. The Bertz CT molecular complexity index is 592. The van der Waals surface area contributed by atoms with Crippen molar-refractivity contribution in [3.8, 4) is 0 Å². The smallest absolute Gasteiger partial charge is 0.0146 e. The van der Waals surface area contributed by atoms with Crippen LogP contribution >= 0.6 is 15.9 Å². The molecule has 5 fully saturated rings. The molecule has 0 saturated heterocycles. The van der Waals surface area contributed by atoms with E-state index in [1.165, 1.54) is 44.9 Å². The van der Waals surface area contributed by atoms with E-state index in [0.717, 1.165) is 57.6 Å². The predicted molar refractivity (Wildman–Crippen MR) is 147 cm³/mol. The number of fused-ring (bicyclic) bond motifs is 1. The maximum Gasteiger partial charge on any atom is 0.0146 e. The Kier molecular flexibility index (Phi) is 8.57. The summed E-state index contributed by atoms with van der Waals surface area (Å²) in [7, 11) is 0. The van der Waals surface area contributed by atoms with Crippen LogP contribution in [0.3, 0.4) is 0 Å². The molecule has 5 aliphatic rings. The minimum atomic E-state index is 0.725. The molecule has 0 heterocycles. The number of hydrogen-bond acceptors (Lipinski definition) is 0. The zero-order valence-corrected chi connectivity index (χ0v) is 23.8. The van der Waals surface area contributed by atoms with Gasteiger partial charge in [0.15, 0.2) is 0 Å². The Morgan fingerprint density at radius 1 is 0.667 bits per heavy atom. The molecule has 33 heavy (non-hydrogen) atoms. The molecule has 0 aliphatic heterocycles. The van der Waals surface area contributed by atoms with Crippen LogP contribution in [0.15, 0.2) is 0 Å². The largest absolute Gasteiger partial charge is 0.0891 e. The van der Waals surface area contributed by atoms with Gasteiger partial charge in [-0.15, -0.1) is 0 Å². The van der Waals surface area contributed by atoms with Crippen molar-refractivity contribution in [2.45, 2.75) is 147 Å². The van der Waals surface area contributed by atoms with Gasteiger partial charge >= 0.3 is 0 Å². The van der Waals surface area contributed by atoms with Crippen molar-refractivity contribution in [1.29, 1.82) is 0 Å². The molecule has 0 N–H and O–H groups in total. The fraction of sp³-hybridized carbons (Fsp3) is 1.00. The molecule has 5 saturated carbocycles. The molecule has 0 amide bonds. The molecule has 0 radical (unpaired) electrons. The summed E-state index contributed by atoms with van der Waals surface area (Å²) in [6, 6.07) is 0. The summed E-state index contributed by atoms with van der Waals surface area (Å²) < 4.78 is 0. The standard InChI is InChI=1S/C32H55Br/c1-3-4-12-29-23(2)32(26-10-6-5-7-11-26,31-14-9-8-13-30(29)31)27-19-15-24(16-20-27)25-17-21-28(33)22-18-25/h23-31H,3-22H2,1-2H3. The van der Waals surface area contributed by atoms with Crippen LogP contribution in [0.4, 0.5) is 0 Å². The monoisotopic (exact) mass is 518 g/mol. The summed E-state index contributed by atoms with van der Waals surface area (Å²) in [6.07, 6.45) is 30.8. The number of rotatable bonds is 6. The molecular formula is C32H55Br. The first-order chi connectivity index (χ1) is 16.2. The Labute approximate surface area is 215 Å². The van der Waals surface area contributed by atoms with E-state index < -0.39 is 0 Å². The summed E-state index contributed by atoms with van der Waals surface area (Å²) >= 11 is 3.91.